The zero-order valence-electron chi connectivity index (χ0n) is 16.9. The van der Waals surface area contributed by atoms with Crippen molar-refractivity contribution in [3.05, 3.63) is 57.6 Å². The molecule has 6 nitrogen and oxygen atoms in total. The minimum absolute atomic E-state index is 0.117. The van der Waals surface area contributed by atoms with Crippen LogP contribution in [0.2, 0.25) is 10.0 Å². The van der Waals surface area contributed by atoms with Gasteiger partial charge in [-0.05, 0) is 42.8 Å². The molecule has 4 rings (SSSR count). The third-order valence-electron chi connectivity index (χ3n) is 4.92. The molecule has 0 amide bonds. The zero-order chi connectivity index (χ0) is 21.8. The molecule has 162 valence electrons. The third kappa shape index (κ3) is 4.96. The summed E-state index contributed by atoms with van der Waals surface area (Å²) in [4.78, 5) is 9.41. The summed E-state index contributed by atoms with van der Waals surface area (Å²) in [5, 5.41) is 16.5. The standard InChI is InChI=1S/C22H22Cl2N4O2S/c1-30-15-5-3-14(4-6-15)19-13-31-22(27-19)25-8-7-21-26-18-11-16(23)17(24)12-20(18)28(21)9-2-10-29/h3-6,11-13,29H,2,7-10H2,1H3,(H,25,27). The van der Waals surface area contributed by atoms with Crippen LogP contribution in [0.15, 0.2) is 41.8 Å². The van der Waals surface area contributed by atoms with Gasteiger partial charge in [-0.25, -0.2) is 9.97 Å². The molecule has 2 N–H and O–H groups in total. The number of halogens is 2. The van der Waals surface area contributed by atoms with Crippen LogP contribution in [0.5, 0.6) is 5.75 Å². The zero-order valence-corrected chi connectivity index (χ0v) is 19.3. The lowest BCUT2D eigenvalue weighted by molar-refractivity contribution is 0.280. The number of imidazole rings is 1. The maximum absolute atomic E-state index is 9.27. The van der Waals surface area contributed by atoms with Gasteiger partial charge in [-0.2, -0.15) is 0 Å². The minimum Gasteiger partial charge on any atom is -0.497 e. The quantitative estimate of drug-likeness (QED) is 0.333. The van der Waals surface area contributed by atoms with Crippen LogP contribution in [-0.2, 0) is 13.0 Å². The van der Waals surface area contributed by atoms with Crippen molar-refractivity contribution in [2.45, 2.75) is 19.4 Å². The van der Waals surface area contributed by atoms with Gasteiger partial charge >= 0.3 is 0 Å². The summed E-state index contributed by atoms with van der Waals surface area (Å²) < 4.78 is 7.31. The van der Waals surface area contributed by atoms with Gasteiger partial charge in [-0.3, -0.25) is 0 Å². The summed E-state index contributed by atoms with van der Waals surface area (Å²) in [7, 11) is 1.65. The fraction of sp³-hybridized carbons (Fsp3) is 0.273. The molecule has 0 bridgehead atoms. The van der Waals surface area contributed by atoms with E-state index in [1.54, 1.807) is 24.5 Å². The Morgan fingerprint density at radius 3 is 2.65 bits per heavy atom. The normalized spacial score (nSPS) is 11.2. The lowest BCUT2D eigenvalue weighted by Crippen LogP contribution is -2.11. The fourth-order valence-electron chi connectivity index (χ4n) is 3.37. The second-order valence-corrected chi connectivity index (χ2v) is 8.63. The summed E-state index contributed by atoms with van der Waals surface area (Å²) in [6.45, 7) is 1.46. The molecule has 0 radical (unpaired) electrons. The molecule has 2 heterocycles. The number of aromatic nitrogens is 3. The molecule has 0 saturated heterocycles. The first-order valence-corrected chi connectivity index (χ1v) is 11.5. The SMILES string of the molecule is COc1ccc(-c2csc(NCCc3nc4cc(Cl)c(Cl)cc4n3CCCO)n2)cc1. The second kappa shape index (κ2) is 9.87. The Balaban J connectivity index is 1.46. The van der Waals surface area contributed by atoms with Gasteiger partial charge in [0, 0.05) is 37.1 Å². The number of aliphatic hydroxyl groups excluding tert-OH is 1. The summed E-state index contributed by atoms with van der Waals surface area (Å²) in [5.41, 5.74) is 3.70. The Kier molecular flexibility index (Phi) is 6.97. The van der Waals surface area contributed by atoms with E-state index < -0.39 is 0 Å². The molecular weight excluding hydrogens is 455 g/mol. The van der Waals surface area contributed by atoms with Crippen molar-refractivity contribution in [1.29, 1.82) is 0 Å². The molecule has 2 aromatic heterocycles. The minimum atomic E-state index is 0.117. The van der Waals surface area contributed by atoms with E-state index >= 15 is 0 Å². The predicted molar refractivity (Wildman–Crippen MR) is 128 cm³/mol. The number of rotatable bonds is 9. The number of anilines is 1. The van der Waals surface area contributed by atoms with Crippen LogP contribution in [0.1, 0.15) is 12.2 Å². The number of fused-ring (bicyclic) bond motifs is 1. The first-order valence-electron chi connectivity index (χ1n) is 9.88. The molecule has 0 spiro atoms. The molecule has 9 heteroatoms. The maximum atomic E-state index is 9.27. The van der Waals surface area contributed by atoms with Crippen LogP contribution in [0.4, 0.5) is 5.13 Å². The second-order valence-electron chi connectivity index (χ2n) is 6.96. The van der Waals surface area contributed by atoms with E-state index in [0.717, 1.165) is 39.0 Å². The van der Waals surface area contributed by atoms with Crippen molar-refractivity contribution in [3.63, 3.8) is 0 Å². The summed E-state index contributed by atoms with van der Waals surface area (Å²) >= 11 is 13.9. The Hall–Kier alpha value is -2.32. The smallest absolute Gasteiger partial charge is 0.183 e. The number of hydrogen-bond donors (Lipinski definition) is 2. The number of benzene rings is 2. The van der Waals surface area contributed by atoms with Gasteiger partial charge in [0.1, 0.15) is 11.6 Å². The molecule has 0 aliphatic heterocycles. The van der Waals surface area contributed by atoms with Crippen molar-refractivity contribution in [3.8, 4) is 17.0 Å². The van der Waals surface area contributed by atoms with E-state index in [4.69, 9.17) is 32.9 Å². The van der Waals surface area contributed by atoms with E-state index in [-0.39, 0.29) is 6.61 Å². The van der Waals surface area contributed by atoms with E-state index in [2.05, 4.69) is 14.9 Å². The van der Waals surface area contributed by atoms with Crippen LogP contribution >= 0.6 is 34.5 Å². The van der Waals surface area contributed by atoms with Gasteiger partial charge in [0.2, 0.25) is 0 Å². The number of hydrogen-bond acceptors (Lipinski definition) is 6. The third-order valence-corrected chi connectivity index (χ3v) is 6.45. The van der Waals surface area contributed by atoms with Crippen molar-refractivity contribution in [2.24, 2.45) is 0 Å². The molecule has 4 aromatic rings. The summed E-state index contributed by atoms with van der Waals surface area (Å²) in [5.74, 6) is 1.74. The highest BCUT2D eigenvalue weighted by Crippen LogP contribution is 2.29. The van der Waals surface area contributed by atoms with Gasteiger partial charge in [0.05, 0.1) is 33.9 Å². The van der Waals surface area contributed by atoms with Crippen molar-refractivity contribution in [2.75, 3.05) is 25.6 Å². The van der Waals surface area contributed by atoms with Crippen LogP contribution in [0.25, 0.3) is 22.3 Å². The topological polar surface area (TPSA) is 72.2 Å². The Morgan fingerprint density at radius 1 is 1.13 bits per heavy atom. The van der Waals surface area contributed by atoms with Crippen molar-refractivity contribution < 1.29 is 9.84 Å². The van der Waals surface area contributed by atoms with Crippen molar-refractivity contribution >= 4 is 50.7 Å². The van der Waals surface area contributed by atoms with E-state index in [9.17, 15) is 5.11 Å². The molecule has 0 saturated carbocycles. The summed E-state index contributed by atoms with van der Waals surface area (Å²) in [6.07, 6.45) is 1.34. The Bertz CT molecular complexity index is 1170. The molecule has 2 aromatic carbocycles. The van der Waals surface area contributed by atoms with Gasteiger partial charge in [-0.15, -0.1) is 11.3 Å². The first kappa shape index (κ1) is 21.9. The molecule has 0 aliphatic rings. The number of ether oxygens (including phenoxy) is 1. The van der Waals surface area contributed by atoms with E-state index in [0.29, 0.717) is 36.0 Å². The number of thiazole rings is 1. The van der Waals surface area contributed by atoms with Crippen LogP contribution in [0, 0.1) is 0 Å². The van der Waals surface area contributed by atoms with Gasteiger partial charge < -0.3 is 19.7 Å². The number of aryl methyl sites for hydroxylation is 1. The first-order chi connectivity index (χ1) is 15.1. The Labute approximate surface area is 194 Å². The predicted octanol–water partition coefficient (Wildman–Crippen LogP) is 5.51. The number of methoxy groups -OCH3 is 1. The molecule has 31 heavy (non-hydrogen) atoms. The van der Waals surface area contributed by atoms with Crippen molar-refractivity contribution in [1.82, 2.24) is 14.5 Å². The maximum Gasteiger partial charge on any atom is 0.183 e. The monoisotopic (exact) mass is 476 g/mol. The van der Waals surface area contributed by atoms with Gasteiger partial charge in [0.15, 0.2) is 5.13 Å². The van der Waals surface area contributed by atoms with E-state index in [1.807, 2.05) is 35.7 Å². The molecule has 0 atom stereocenters. The average Bonchev–Trinajstić information content (AvgIpc) is 3.38. The van der Waals surface area contributed by atoms with Crippen LogP contribution in [0.3, 0.4) is 0 Å². The molecule has 0 aliphatic carbocycles. The fourth-order valence-corrected chi connectivity index (χ4v) is 4.43. The Morgan fingerprint density at radius 2 is 1.90 bits per heavy atom. The highest BCUT2D eigenvalue weighted by atomic mass is 35.5. The number of nitrogens with zero attached hydrogens (tertiary/aromatic N) is 3. The van der Waals surface area contributed by atoms with E-state index in [1.165, 1.54) is 0 Å². The van der Waals surface area contributed by atoms with Gasteiger partial charge in [0.25, 0.3) is 0 Å². The van der Waals surface area contributed by atoms with Gasteiger partial charge in [-0.1, -0.05) is 23.2 Å². The largest absolute Gasteiger partial charge is 0.497 e. The van der Waals surface area contributed by atoms with Crippen LogP contribution in [-0.4, -0.2) is 39.9 Å². The number of aliphatic hydroxyl groups is 1. The lowest BCUT2D eigenvalue weighted by Gasteiger charge is -2.09. The highest BCUT2D eigenvalue weighted by molar-refractivity contribution is 7.14. The number of nitrogens with one attached hydrogen (secondary N) is 1. The lowest BCUT2D eigenvalue weighted by atomic mass is 10.2. The highest BCUT2D eigenvalue weighted by Gasteiger charge is 2.13. The molecule has 0 fully saturated rings. The molecular formula is C22H22Cl2N4O2S. The van der Waals surface area contributed by atoms with Crippen LogP contribution < -0.4 is 10.1 Å². The average molecular weight is 477 g/mol. The summed E-state index contributed by atoms with van der Waals surface area (Å²) in [6, 6.07) is 11.5. The molecule has 0 unspecified atom stereocenters.